The standard InChI is InChI=1S/C16H22ClNO2/c1-16(2,5-6-18-11-3-4-11)12-9-14-15(10-13(12)17)20-8-7-19-14/h9-11,18H,3-8H2,1-2H3. The summed E-state index contributed by atoms with van der Waals surface area (Å²) in [5.41, 5.74) is 1.16. The van der Waals surface area contributed by atoms with Crippen LogP contribution in [0.15, 0.2) is 12.1 Å². The van der Waals surface area contributed by atoms with E-state index in [1.54, 1.807) is 0 Å². The molecule has 0 spiro atoms. The second kappa shape index (κ2) is 5.45. The van der Waals surface area contributed by atoms with Gasteiger partial charge >= 0.3 is 0 Å². The molecule has 2 aliphatic rings. The third-order valence-electron chi connectivity index (χ3n) is 4.12. The first-order chi connectivity index (χ1) is 9.56. The van der Waals surface area contributed by atoms with Crippen molar-refractivity contribution in [3.8, 4) is 11.5 Å². The number of fused-ring (bicyclic) bond motifs is 1. The second-order valence-electron chi connectivity index (χ2n) is 6.34. The molecule has 0 bridgehead atoms. The SMILES string of the molecule is CC(C)(CCNC1CC1)c1cc2c(cc1Cl)OCCO2. The van der Waals surface area contributed by atoms with Crippen LogP contribution in [-0.2, 0) is 5.41 Å². The highest BCUT2D eigenvalue weighted by Crippen LogP contribution is 2.41. The first-order valence-electron chi connectivity index (χ1n) is 7.39. The van der Waals surface area contributed by atoms with Crippen molar-refractivity contribution in [2.24, 2.45) is 0 Å². The van der Waals surface area contributed by atoms with E-state index >= 15 is 0 Å². The van der Waals surface area contributed by atoms with Gasteiger partial charge in [0.1, 0.15) is 13.2 Å². The van der Waals surface area contributed by atoms with E-state index in [9.17, 15) is 0 Å². The Kier molecular flexibility index (Phi) is 3.83. The highest BCUT2D eigenvalue weighted by atomic mass is 35.5. The van der Waals surface area contributed by atoms with Crippen LogP contribution < -0.4 is 14.8 Å². The van der Waals surface area contributed by atoms with Crippen LogP contribution in [0.5, 0.6) is 11.5 Å². The van der Waals surface area contributed by atoms with E-state index in [1.165, 1.54) is 12.8 Å². The molecule has 1 N–H and O–H groups in total. The van der Waals surface area contributed by atoms with Crippen LogP contribution in [0.1, 0.15) is 38.7 Å². The van der Waals surface area contributed by atoms with Crippen LogP contribution in [-0.4, -0.2) is 25.8 Å². The van der Waals surface area contributed by atoms with Gasteiger partial charge in [-0.1, -0.05) is 25.4 Å². The Hall–Kier alpha value is -0.930. The van der Waals surface area contributed by atoms with E-state index < -0.39 is 0 Å². The van der Waals surface area contributed by atoms with E-state index in [2.05, 4.69) is 19.2 Å². The maximum Gasteiger partial charge on any atom is 0.162 e. The summed E-state index contributed by atoms with van der Waals surface area (Å²) in [6.45, 7) is 6.70. The highest BCUT2D eigenvalue weighted by molar-refractivity contribution is 6.31. The summed E-state index contributed by atoms with van der Waals surface area (Å²) in [5.74, 6) is 1.58. The summed E-state index contributed by atoms with van der Waals surface area (Å²) in [6.07, 6.45) is 3.71. The molecule has 110 valence electrons. The average Bonchev–Trinajstić information content (AvgIpc) is 3.21. The molecule has 3 nitrogen and oxygen atoms in total. The number of hydrogen-bond donors (Lipinski definition) is 1. The normalized spacial score (nSPS) is 18.1. The topological polar surface area (TPSA) is 30.5 Å². The van der Waals surface area contributed by atoms with Crippen LogP contribution in [0.25, 0.3) is 0 Å². The third-order valence-corrected chi connectivity index (χ3v) is 4.43. The molecule has 0 aromatic heterocycles. The van der Waals surface area contributed by atoms with E-state index in [0.29, 0.717) is 13.2 Å². The molecule has 1 saturated carbocycles. The van der Waals surface area contributed by atoms with Crippen LogP contribution in [0.4, 0.5) is 0 Å². The van der Waals surface area contributed by atoms with Gasteiger partial charge in [-0.15, -0.1) is 0 Å². The van der Waals surface area contributed by atoms with Gasteiger partial charge in [-0.05, 0) is 42.9 Å². The van der Waals surface area contributed by atoms with Crippen LogP contribution >= 0.6 is 11.6 Å². The number of nitrogens with one attached hydrogen (secondary N) is 1. The molecule has 0 saturated heterocycles. The van der Waals surface area contributed by atoms with Crippen molar-refractivity contribution in [3.63, 3.8) is 0 Å². The van der Waals surface area contributed by atoms with Gasteiger partial charge in [0.25, 0.3) is 0 Å². The van der Waals surface area contributed by atoms with Gasteiger partial charge in [-0.3, -0.25) is 0 Å². The molecule has 0 radical (unpaired) electrons. The quantitative estimate of drug-likeness (QED) is 0.901. The molecule has 0 atom stereocenters. The summed E-state index contributed by atoms with van der Waals surface area (Å²) in [7, 11) is 0. The van der Waals surface area contributed by atoms with E-state index in [4.69, 9.17) is 21.1 Å². The molecule has 20 heavy (non-hydrogen) atoms. The zero-order valence-corrected chi connectivity index (χ0v) is 12.9. The molecule has 1 aromatic rings. The Morgan fingerprint density at radius 1 is 1.20 bits per heavy atom. The van der Waals surface area contributed by atoms with E-state index in [0.717, 1.165) is 41.1 Å². The number of rotatable bonds is 5. The fourth-order valence-electron chi connectivity index (χ4n) is 2.59. The molecule has 1 fully saturated rings. The van der Waals surface area contributed by atoms with Crippen molar-refractivity contribution in [3.05, 3.63) is 22.7 Å². The Labute approximate surface area is 125 Å². The smallest absolute Gasteiger partial charge is 0.162 e. The largest absolute Gasteiger partial charge is 0.486 e. The second-order valence-corrected chi connectivity index (χ2v) is 6.75. The Morgan fingerprint density at radius 2 is 1.85 bits per heavy atom. The summed E-state index contributed by atoms with van der Waals surface area (Å²) < 4.78 is 11.2. The molecule has 1 aliphatic heterocycles. The maximum absolute atomic E-state index is 6.44. The first kappa shape index (κ1) is 14.0. The molecule has 3 rings (SSSR count). The monoisotopic (exact) mass is 295 g/mol. The van der Waals surface area contributed by atoms with Crippen molar-refractivity contribution in [1.82, 2.24) is 5.32 Å². The van der Waals surface area contributed by atoms with Crippen molar-refractivity contribution in [2.75, 3.05) is 19.8 Å². The van der Waals surface area contributed by atoms with Gasteiger partial charge in [0, 0.05) is 17.1 Å². The van der Waals surface area contributed by atoms with Gasteiger partial charge in [-0.25, -0.2) is 0 Å². The van der Waals surface area contributed by atoms with Crippen LogP contribution in [0.2, 0.25) is 5.02 Å². The Morgan fingerprint density at radius 3 is 2.50 bits per heavy atom. The number of halogens is 1. The number of hydrogen-bond acceptors (Lipinski definition) is 3. The summed E-state index contributed by atoms with van der Waals surface area (Å²) in [6, 6.07) is 4.69. The Balaban J connectivity index is 1.76. The van der Waals surface area contributed by atoms with E-state index in [-0.39, 0.29) is 5.41 Å². The first-order valence-corrected chi connectivity index (χ1v) is 7.77. The fraction of sp³-hybridized carbons (Fsp3) is 0.625. The maximum atomic E-state index is 6.44. The lowest BCUT2D eigenvalue weighted by atomic mass is 9.81. The Bertz CT molecular complexity index is 497. The van der Waals surface area contributed by atoms with Crippen molar-refractivity contribution in [2.45, 2.75) is 44.6 Å². The average molecular weight is 296 g/mol. The lowest BCUT2D eigenvalue weighted by molar-refractivity contribution is 0.171. The van der Waals surface area contributed by atoms with Crippen LogP contribution in [0, 0.1) is 0 Å². The van der Waals surface area contributed by atoms with Gasteiger partial charge < -0.3 is 14.8 Å². The lowest BCUT2D eigenvalue weighted by Crippen LogP contribution is -2.27. The minimum atomic E-state index is 0.0226. The van der Waals surface area contributed by atoms with Gasteiger partial charge in [0.15, 0.2) is 11.5 Å². The van der Waals surface area contributed by atoms with Crippen molar-refractivity contribution in [1.29, 1.82) is 0 Å². The minimum Gasteiger partial charge on any atom is -0.486 e. The lowest BCUT2D eigenvalue weighted by Gasteiger charge is -2.29. The third kappa shape index (κ3) is 3.04. The zero-order valence-electron chi connectivity index (χ0n) is 12.2. The number of ether oxygens (including phenoxy) is 2. The molecular weight excluding hydrogens is 274 g/mol. The molecular formula is C16H22ClNO2. The molecule has 1 heterocycles. The highest BCUT2D eigenvalue weighted by Gasteiger charge is 2.27. The number of benzene rings is 1. The summed E-state index contributed by atoms with van der Waals surface area (Å²) >= 11 is 6.44. The minimum absolute atomic E-state index is 0.0226. The summed E-state index contributed by atoms with van der Waals surface area (Å²) in [5, 5.41) is 4.33. The predicted molar refractivity (Wildman–Crippen MR) is 81.1 cm³/mol. The van der Waals surface area contributed by atoms with E-state index in [1.807, 2.05) is 12.1 Å². The van der Waals surface area contributed by atoms with Crippen molar-refractivity contribution < 1.29 is 9.47 Å². The zero-order chi connectivity index (χ0) is 14.2. The fourth-order valence-corrected chi connectivity index (χ4v) is 3.00. The molecule has 1 aliphatic carbocycles. The van der Waals surface area contributed by atoms with Crippen LogP contribution in [0.3, 0.4) is 0 Å². The molecule has 0 amide bonds. The van der Waals surface area contributed by atoms with Crippen molar-refractivity contribution >= 4 is 11.6 Å². The molecule has 1 aromatic carbocycles. The van der Waals surface area contributed by atoms with Gasteiger partial charge in [0.2, 0.25) is 0 Å². The predicted octanol–water partition coefficient (Wildman–Crippen LogP) is 3.53. The molecule has 0 unspecified atom stereocenters. The van der Waals surface area contributed by atoms with Gasteiger partial charge in [0.05, 0.1) is 0 Å². The summed E-state index contributed by atoms with van der Waals surface area (Å²) in [4.78, 5) is 0. The molecule has 4 heteroatoms. The van der Waals surface area contributed by atoms with Gasteiger partial charge in [-0.2, -0.15) is 0 Å².